The third-order valence-electron chi connectivity index (χ3n) is 2.60. The predicted octanol–water partition coefficient (Wildman–Crippen LogP) is 2.07. The summed E-state index contributed by atoms with van der Waals surface area (Å²) in [6.45, 7) is 5.26. The van der Waals surface area contributed by atoms with Gasteiger partial charge in [-0.3, -0.25) is 4.79 Å². The van der Waals surface area contributed by atoms with Gasteiger partial charge in [-0.2, -0.15) is 0 Å². The number of ether oxygens (including phenoxy) is 3. The molecule has 0 aromatic heterocycles. The normalized spacial score (nSPS) is 19.8. The quantitative estimate of drug-likeness (QED) is 0.767. The fourth-order valence-electron chi connectivity index (χ4n) is 1.82. The summed E-state index contributed by atoms with van der Waals surface area (Å²) < 4.78 is 16.2. The molecule has 1 aromatic carbocycles. The van der Waals surface area contributed by atoms with Crippen LogP contribution in [0.3, 0.4) is 0 Å². The number of carbonyl (C=O) groups excluding carboxylic acids is 1. The Morgan fingerprint density at radius 3 is 2.89 bits per heavy atom. The standard InChI is InChI=1S/C14H18O4/c1-10(2)18-12-5-3-4-11(8-12)14(15)13-9-16-6-7-17-13/h3-5,8,10,13H,6-7,9H2,1-2H3. The summed E-state index contributed by atoms with van der Waals surface area (Å²) >= 11 is 0. The van der Waals surface area contributed by atoms with E-state index in [2.05, 4.69) is 0 Å². The van der Waals surface area contributed by atoms with E-state index < -0.39 is 6.10 Å². The van der Waals surface area contributed by atoms with E-state index in [1.54, 1.807) is 12.1 Å². The van der Waals surface area contributed by atoms with Crippen molar-refractivity contribution in [3.05, 3.63) is 29.8 Å². The number of rotatable bonds is 4. The van der Waals surface area contributed by atoms with Crippen molar-refractivity contribution in [3.63, 3.8) is 0 Å². The summed E-state index contributed by atoms with van der Waals surface area (Å²) in [5.41, 5.74) is 0.601. The molecular weight excluding hydrogens is 232 g/mol. The fraction of sp³-hybridized carbons (Fsp3) is 0.500. The van der Waals surface area contributed by atoms with Crippen LogP contribution < -0.4 is 4.74 Å². The molecule has 1 heterocycles. The van der Waals surface area contributed by atoms with E-state index >= 15 is 0 Å². The number of ketones is 1. The molecule has 0 aliphatic carbocycles. The van der Waals surface area contributed by atoms with Crippen LogP contribution in [0.2, 0.25) is 0 Å². The number of benzene rings is 1. The van der Waals surface area contributed by atoms with Gasteiger partial charge in [0, 0.05) is 5.56 Å². The highest BCUT2D eigenvalue weighted by Crippen LogP contribution is 2.17. The van der Waals surface area contributed by atoms with Crippen LogP contribution in [0, 0.1) is 0 Å². The molecule has 18 heavy (non-hydrogen) atoms. The third-order valence-corrected chi connectivity index (χ3v) is 2.60. The molecule has 4 nitrogen and oxygen atoms in total. The van der Waals surface area contributed by atoms with Gasteiger partial charge in [-0.25, -0.2) is 0 Å². The largest absolute Gasteiger partial charge is 0.491 e. The van der Waals surface area contributed by atoms with E-state index in [1.807, 2.05) is 26.0 Å². The van der Waals surface area contributed by atoms with Crippen LogP contribution in [0.15, 0.2) is 24.3 Å². The Morgan fingerprint density at radius 1 is 1.39 bits per heavy atom. The molecule has 0 N–H and O–H groups in total. The fourth-order valence-corrected chi connectivity index (χ4v) is 1.82. The van der Waals surface area contributed by atoms with Gasteiger partial charge in [-0.15, -0.1) is 0 Å². The molecule has 0 amide bonds. The van der Waals surface area contributed by atoms with Crippen LogP contribution in [0.4, 0.5) is 0 Å². The molecule has 1 saturated heterocycles. The number of carbonyl (C=O) groups is 1. The van der Waals surface area contributed by atoms with Crippen molar-refractivity contribution in [2.75, 3.05) is 19.8 Å². The zero-order valence-corrected chi connectivity index (χ0v) is 10.7. The van der Waals surface area contributed by atoms with Crippen LogP contribution in [-0.4, -0.2) is 37.8 Å². The molecule has 0 bridgehead atoms. The average molecular weight is 250 g/mol. The van der Waals surface area contributed by atoms with Crippen LogP contribution >= 0.6 is 0 Å². The van der Waals surface area contributed by atoms with Crippen LogP contribution in [0.25, 0.3) is 0 Å². The molecule has 1 aliphatic heterocycles. The highest BCUT2D eigenvalue weighted by atomic mass is 16.6. The Labute approximate surface area is 107 Å². The molecular formula is C14H18O4. The topological polar surface area (TPSA) is 44.8 Å². The number of hydrogen-bond acceptors (Lipinski definition) is 4. The van der Waals surface area contributed by atoms with Gasteiger partial charge in [0.15, 0.2) is 5.78 Å². The Balaban J connectivity index is 2.09. The van der Waals surface area contributed by atoms with Crippen molar-refractivity contribution in [1.29, 1.82) is 0 Å². The Hall–Kier alpha value is -1.39. The first kappa shape index (κ1) is 13.1. The lowest BCUT2D eigenvalue weighted by molar-refractivity contribution is -0.0719. The first-order valence-corrected chi connectivity index (χ1v) is 6.17. The Bertz CT molecular complexity index is 408. The van der Waals surface area contributed by atoms with Crippen molar-refractivity contribution in [3.8, 4) is 5.75 Å². The second-order valence-electron chi connectivity index (χ2n) is 4.49. The van der Waals surface area contributed by atoms with Gasteiger partial charge in [0.1, 0.15) is 11.9 Å². The molecule has 2 rings (SSSR count). The maximum Gasteiger partial charge on any atom is 0.194 e. The van der Waals surface area contributed by atoms with Crippen molar-refractivity contribution in [2.24, 2.45) is 0 Å². The minimum Gasteiger partial charge on any atom is -0.491 e. The molecule has 1 fully saturated rings. The SMILES string of the molecule is CC(C)Oc1cccc(C(=O)C2COCCO2)c1. The highest BCUT2D eigenvalue weighted by molar-refractivity contribution is 5.99. The minimum absolute atomic E-state index is 0.0519. The lowest BCUT2D eigenvalue weighted by atomic mass is 10.1. The average Bonchev–Trinajstić information content (AvgIpc) is 2.38. The summed E-state index contributed by atoms with van der Waals surface area (Å²) in [6, 6.07) is 7.18. The second-order valence-corrected chi connectivity index (χ2v) is 4.49. The van der Waals surface area contributed by atoms with E-state index in [9.17, 15) is 4.79 Å². The van der Waals surface area contributed by atoms with E-state index in [0.29, 0.717) is 31.1 Å². The first-order chi connectivity index (χ1) is 8.66. The summed E-state index contributed by atoms with van der Waals surface area (Å²) in [5, 5.41) is 0. The number of hydrogen-bond donors (Lipinski definition) is 0. The van der Waals surface area contributed by atoms with Crippen molar-refractivity contribution in [1.82, 2.24) is 0 Å². The van der Waals surface area contributed by atoms with Gasteiger partial charge in [0.05, 0.1) is 25.9 Å². The maximum atomic E-state index is 12.2. The Morgan fingerprint density at radius 2 is 2.22 bits per heavy atom. The minimum atomic E-state index is -0.493. The van der Waals surface area contributed by atoms with Crippen molar-refractivity contribution < 1.29 is 19.0 Å². The van der Waals surface area contributed by atoms with Gasteiger partial charge in [-0.05, 0) is 26.0 Å². The maximum absolute atomic E-state index is 12.2. The summed E-state index contributed by atoms with van der Waals surface area (Å²) in [4.78, 5) is 12.2. The smallest absolute Gasteiger partial charge is 0.194 e. The van der Waals surface area contributed by atoms with Crippen LogP contribution in [-0.2, 0) is 9.47 Å². The van der Waals surface area contributed by atoms with Gasteiger partial charge in [0.25, 0.3) is 0 Å². The van der Waals surface area contributed by atoms with Crippen LogP contribution in [0.1, 0.15) is 24.2 Å². The zero-order chi connectivity index (χ0) is 13.0. The van der Waals surface area contributed by atoms with E-state index in [0.717, 1.165) is 0 Å². The molecule has 1 aromatic rings. The van der Waals surface area contributed by atoms with E-state index in [4.69, 9.17) is 14.2 Å². The lowest BCUT2D eigenvalue weighted by Gasteiger charge is -2.22. The van der Waals surface area contributed by atoms with Gasteiger partial charge >= 0.3 is 0 Å². The lowest BCUT2D eigenvalue weighted by Crippen LogP contribution is -2.35. The molecule has 1 unspecified atom stereocenters. The zero-order valence-electron chi connectivity index (χ0n) is 10.7. The van der Waals surface area contributed by atoms with E-state index in [1.165, 1.54) is 0 Å². The van der Waals surface area contributed by atoms with Crippen molar-refractivity contribution in [2.45, 2.75) is 26.1 Å². The monoisotopic (exact) mass is 250 g/mol. The van der Waals surface area contributed by atoms with Gasteiger partial charge < -0.3 is 14.2 Å². The summed E-state index contributed by atoms with van der Waals surface area (Å²) in [7, 11) is 0. The van der Waals surface area contributed by atoms with E-state index in [-0.39, 0.29) is 11.9 Å². The van der Waals surface area contributed by atoms with Crippen molar-refractivity contribution >= 4 is 5.78 Å². The molecule has 98 valence electrons. The molecule has 1 aliphatic rings. The summed E-state index contributed by atoms with van der Waals surface area (Å²) in [6.07, 6.45) is -0.405. The molecule has 1 atom stereocenters. The third kappa shape index (κ3) is 3.31. The first-order valence-electron chi connectivity index (χ1n) is 6.17. The molecule has 0 saturated carbocycles. The van der Waals surface area contributed by atoms with Gasteiger partial charge in [0.2, 0.25) is 0 Å². The Kier molecular flexibility index (Phi) is 4.33. The van der Waals surface area contributed by atoms with Gasteiger partial charge in [-0.1, -0.05) is 12.1 Å². The molecule has 0 radical (unpaired) electrons. The molecule has 0 spiro atoms. The predicted molar refractivity (Wildman–Crippen MR) is 67.1 cm³/mol. The van der Waals surface area contributed by atoms with Crippen LogP contribution in [0.5, 0.6) is 5.75 Å². The second kappa shape index (κ2) is 5.98. The summed E-state index contributed by atoms with van der Waals surface area (Å²) in [5.74, 6) is 0.650. The molecule has 4 heteroatoms. The highest BCUT2D eigenvalue weighted by Gasteiger charge is 2.24. The number of Topliss-reactive ketones (excluding diaryl/α,β-unsaturated/α-hetero) is 1.